The summed E-state index contributed by atoms with van der Waals surface area (Å²) in [7, 11) is 1.66. The summed E-state index contributed by atoms with van der Waals surface area (Å²) < 4.78 is 11.2. The summed E-state index contributed by atoms with van der Waals surface area (Å²) in [5, 5.41) is 0. The second-order valence-electron chi connectivity index (χ2n) is 5.17. The van der Waals surface area contributed by atoms with Crippen LogP contribution in [0.4, 0.5) is 0 Å². The van der Waals surface area contributed by atoms with Crippen molar-refractivity contribution in [2.45, 2.75) is 19.3 Å². The lowest BCUT2D eigenvalue weighted by molar-refractivity contribution is 0.254. The van der Waals surface area contributed by atoms with E-state index in [0.29, 0.717) is 6.61 Å². The molecule has 0 aliphatic carbocycles. The summed E-state index contributed by atoms with van der Waals surface area (Å²) in [6.07, 6.45) is 5.40. The van der Waals surface area contributed by atoms with Crippen molar-refractivity contribution in [2.75, 3.05) is 33.4 Å². The first-order chi connectivity index (χ1) is 9.86. The second kappa shape index (κ2) is 6.13. The van der Waals surface area contributed by atoms with E-state index in [1.165, 1.54) is 25.9 Å². The molecule has 5 heteroatoms. The van der Waals surface area contributed by atoms with Gasteiger partial charge in [-0.2, -0.15) is 0 Å². The molecule has 0 unspecified atom stereocenters. The van der Waals surface area contributed by atoms with Crippen molar-refractivity contribution in [1.82, 2.24) is 14.9 Å². The fourth-order valence-corrected chi connectivity index (χ4v) is 2.69. The molecular weight excluding hydrogens is 254 g/mol. The van der Waals surface area contributed by atoms with Crippen LogP contribution in [0.25, 0.3) is 11.0 Å². The molecule has 1 saturated heterocycles. The van der Waals surface area contributed by atoms with Crippen molar-refractivity contribution >= 4 is 11.0 Å². The van der Waals surface area contributed by atoms with Crippen LogP contribution >= 0.6 is 0 Å². The predicted octanol–water partition coefficient (Wildman–Crippen LogP) is 2.44. The molecule has 2 heterocycles. The van der Waals surface area contributed by atoms with E-state index in [-0.39, 0.29) is 0 Å². The molecule has 1 aliphatic rings. The highest BCUT2D eigenvalue weighted by Crippen LogP contribution is 2.31. The maximum Gasteiger partial charge on any atom is 0.163 e. The molecule has 0 amide bonds. The van der Waals surface area contributed by atoms with Gasteiger partial charge in [-0.15, -0.1) is 0 Å². The minimum atomic E-state index is 0.715. The van der Waals surface area contributed by atoms with Gasteiger partial charge in [-0.1, -0.05) is 0 Å². The monoisotopic (exact) mass is 275 g/mol. The number of methoxy groups -OCH3 is 1. The van der Waals surface area contributed by atoms with Gasteiger partial charge in [-0.05, 0) is 32.4 Å². The normalized spacial score (nSPS) is 15.8. The predicted molar refractivity (Wildman–Crippen MR) is 78.4 cm³/mol. The highest BCUT2D eigenvalue weighted by Gasteiger charge is 2.11. The van der Waals surface area contributed by atoms with Crippen molar-refractivity contribution in [2.24, 2.45) is 0 Å². The Bertz CT molecular complexity index is 561. The number of aromatic nitrogens is 2. The highest BCUT2D eigenvalue weighted by atomic mass is 16.5. The average Bonchev–Trinajstić information content (AvgIpc) is 3.13. The number of imidazole rings is 1. The first kappa shape index (κ1) is 13.2. The topological polar surface area (TPSA) is 50.4 Å². The standard InChI is InChI=1S/C15H21N3O2/c1-19-14-9-12-13(17-11-16-12)10-15(14)20-8-4-7-18-5-2-3-6-18/h9-11H,2-8H2,1H3,(H,16,17). The lowest BCUT2D eigenvalue weighted by Crippen LogP contribution is -2.21. The van der Waals surface area contributed by atoms with Gasteiger partial charge in [0.25, 0.3) is 0 Å². The van der Waals surface area contributed by atoms with Gasteiger partial charge in [0.2, 0.25) is 0 Å². The van der Waals surface area contributed by atoms with E-state index in [1.54, 1.807) is 13.4 Å². The summed E-state index contributed by atoms with van der Waals surface area (Å²) in [4.78, 5) is 9.81. The average molecular weight is 275 g/mol. The maximum atomic E-state index is 5.87. The summed E-state index contributed by atoms with van der Waals surface area (Å²) in [6, 6.07) is 3.86. The third-order valence-corrected chi connectivity index (χ3v) is 3.78. The molecule has 20 heavy (non-hydrogen) atoms. The molecule has 0 atom stereocenters. The van der Waals surface area contributed by atoms with Crippen LogP contribution < -0.4 is 9.47 Å². The molecule has 108 valence electrons. The number of aromatic amines is 1. The summed E-state index contributed by atoms with van der Waals surface area (Å²) in [6.45, 7) is 4.31. The van der Waals surface area contributed by atoms with Crippen LogP contribution in [0.5, 0.6) is 11.5 Å². The van der Waals surface area contributed by atoms with Gasteiger partial charge >= 0.3 is 0 Å². The van der Waals surface area contributed by atoms with Gasteiger partial charge in [-0.3, -0.25) is 0 Å². The fourth-order valence-electron chi connectivity index (χ4n) is 2.69. The molecule has 1 N–H and O–H groups in total. The van der Waals surface area contributed by atoms with Crippen molar-refractivity contribution in [1.29, 1.82) is 0 Å². The number of likely N-dealkylation sites (tertiary alicyclic amines) is 1. The van der Waals surface area contributed by atoms with E-state index in [4.69, 9.17) is 9.47 Å². The van der Waals surface area contributed by atoms with Gasteiger partial charge < -0.3 is 19.4 Å². The number of hydrogen-bond donors (Lipinski definition) is 1. The molecule has 0 spiro atoms. The molecular formula is C15H21N3O2. The summed E-state index contributed by atoms with van der Waals surface area (Å²) in [5.41, 5.74) is 1.87. The molecule has 1 fully saturated rings. The quantitative estimate of drug-likeness (QED) is 0.823. The molecule has 1 aromatic heterocycles. The summed E-state index contributed by atoms with van der Waals surface area (Å²) in [5.74, 6) is 1.52. The zero-order valence-corrected chi connectivity index (χ0v) is 11.9. The van der Waals surface area contributed by atoms with Crippen LogP contribution in [0.1, 0.15) is 19.3 Å². The smallest absolute Gasteiger partial charge is 0.163 e. The molecule has 5 nitrogen and oxygen atoms in total. The van der Waals surface area contributed by atoms with Gasteiger partial charge in [0.05, 0.1) is 31.1 Å². The molecule has 1 aliphatic heterocycles. The Balaban J connectivity index is 1.58. The van der Waals surface area contributed by atoms with Crippen LogP contribution in [0, 0.1) is 0 Å². The Morgan fingerprint density at radius 2 is 2.10 bits per heavy atom. The third kappa shape index (κ3) is 2.88. The van der Waals surface area contributed by atoms with E-state index in [2.05, 4.69) is 14.9 Å². The second-order valence-corrected chi connectivity index (χ2v) is 5.17. The lowest BCUT2D eigenvalue weighted by atomic mass is 10.2. The van der Waals surface area contributed by atoms with E-state index >= 15 is 0 Å². The van der Waals surface area contributed by atoms with E-state index in [9.17, 15) is 0 Å². The number of nitrogens with one attached hydrogen (secondary N) is 1. The number of rotatable bonds is 6. The number of nitrogens with zero attached hydrogens (tertiary/aromatic N) is 2. The summed E-state index contributed by atoms with van der Waals surface area (Å²) >= 11 is 0. The van der Waals surface area contributed by atoms with Gasteiger partial charge in [0, 0.05) is 18.7 Å². The van der Waals surface area contributed by atoms with Crippen molar-refractivity contribution in [3.63, 3.8) is 0 Å². The lowest BCUT2D eigenvalue weighted by Gasteiger charge is -2.15. The minimum Gasteiger partial charge on any atom is -0.493 e. The molecule has 0 saturated carbocycles. The number of hydrogen-bond acceptors (Lipinski definition) is 4. The Morgan fingerprint density at radius 1 is 1.25 bits per heavy atom. The SMILES string of the molecule is COc1cc2nc[nH]c2cc1OCCCN1CCCC1. The van der Waals surface area contributed by atoms with Crippen LogP contribution in [0.3, 0.4) is 0 Å². The van der Waals surface area contributed by atoms with Crippen molar-refractivity contribution in [3.05, 3.63) is 18.5 Å². The minimum absolute atomic E-state index is 0.715. The highest BCUT2D eigenvalue weighted by molar-refractivity contribution is 5.79. The third-order valence-electron chi connectivity index (χ3n) is 3.78. The van der Waals surface area contributed by atoms with Crippen LogP contribution in [0.15, 0.2) is 18.5 Å². The molecule has 0 bridgehead atoms. The fraction of sp³-hybridized carbons (Fsp3) is 0.533. The van der Waals surface area contributed by atoms with Gasteiger partial charge in [0.15, 0.2) is 11.5 Å². The maximum absolute atomic E-state index is 5.87. The van der Waals surface area contributed by atoms with Crippen molar-refractivity contribution < 1.29 is 9.47 Å². The number of benzene rings is 1. The Morgan fingerprint density at radius 3 is 2.90 bits per heavy atom. The van der Waals surface area contributed by atoms with Crippen LogP contribution in [-0.2, 0) is 0 Å². The number of fused-ring (bicyclic) bond motifs is 1. The Labute approximate surface area is 118 Å². The number of H-pyrrole nitrogens is 1. The van der Waals surface area contributed by atoms with Crippen LogP contribution in [0.2, 0.25) is 0 Å². The number of ether oxygens (including phenoxy) is 2. The van der Waals surface area contributed by atoms with Crippen molar-refractivity contribution in [3.8, 4) is 11.5 Å². The van der Waals surface area contributed by atoms with E-state index in [1.807, 2.05) is 12.1 Å². The first-order valence-electron chi connectivity index (χ1n) is 7.23. The zero-order chi connectivity index (χ0) is 13.8. The first-order valence-corrected chi connectivity index (χ1v) is 7.23. The largest absolute Gasteiger partial charge is 0.493 e. The molecule has 2 aromatic rings. The van der Waals surface area contributed by atoms with E-state index in [0.717, 1.165) is 35.5 Å². The van der Waals surface area contributed by atoms with E-state index < -0.39 is 0 Å². The Hall–Kier alpha value is -1.75. The van der Waals surface area contributed by atoms with Gasteiger partial charge in [-0.25, -0.2) is 4.98 Å². The molecule has 1 aromatic carbocycles. The van der Waals surface area contributed by atoms with Gasteiger partial charge in [0.1, 0.15) is 0 Å². The van der Waals surface area contributed by atoms with Crippen LogP contribution in [-0.4, -0.2) is 48.2 Å². The molecule has 3 rings (SSSR count). The Kier molecular flexibility index (Phi) is 4.06. The zero-order valence-electron chi connectivity index (χ0n) is 11.9. The molecule has 0 radical (unpaired) electrons.